The van der Waals surface area contributed by atoms with Gasteiger partial charge in [0.25, 0.3) is 0 Å². The van der Waals surface area contributed by atoms with Gasteiger partial charge in [-0.2, -0.15) is 0 Å². The van der Waals surface area contributed by atoms with Crippen molar-refractivity contribution in [2.75, 3.05) is 33.8 Å². The molecular weight excluding hydrogens is 156 g/mol. The zero-order valence-corrected chi connectivity index (χ0v) is 7.91. The van der Waals surface area contributed by atoms with Gasteiger partial charge in [0.1, 0.15) is 6.61 Å². The second-order valence-electron chi connectivity index (χ2n) is 3.42. The molecule has 1 fully saturated rings. The minimum absolute atomic E-state index is 0.177. The van der Waals surface area contributed by atoms with E-state index in [1.807, 2.05) is 21.0 Å². The van der Waals surface area contributed by atoms with Crippen molar-refractivity contribution in [2.24, 2.45) is 0 Å². The predicted molar refractivity (Wildman–Crippen MR) is 46.1 cm³/mol. The summed E-state index contributed by atoms with van der Waals surface area (Å²) in [5, 5.41) is 0. The summed E-state index contributed by atoms with van der Waals surface area (Å²) in [7, 11) is 3.98. The summed E-state index contributed by atoms with van der Waals surface area (Å²) in [4.78, 5) is 14.9. The maximum Gasteiger partial charge on any atom is 0.410 e. The van der Waals surface area contributed by atoms with Crippen LogP contribution in [0.15, 0.2) is 0 Å². The van der Waals surface area contributed by atoms with Crippen LogP contribution in [0.5, 0.6) is 0 Å². The molecule has 1 atom stereocenters. The Hall–Kier alpha value is -0.770. The van der Waals surface area contributed by atoms with Gasteiger partial charge in [-0.3, -0.25) is 0 Å². The zero-order chi connectivity index (χ0) is 9.14. The average molecular weight is 172 g/mol. The van der Waals surface area contributed by atoms with Crippen molar-refractivity contribution < 1.29 is 9.53 Å². The number of ether oxygens (including phenoxy) is 1. The quantitative estimate of drug-likeness (QED) is 0.617. The van der Waals surface area contributed by atoms with Crippen LogP contribution in [-0.2, 0) is 4.74 Å². The van der Waals surface area contributed by atoms with Gasteiger partial charge in [-0.25, -0.2) is 4.79 Å². The van der Waals surface area contributed by atoms with E-state index in [0.717, 1.165) is 13.1 Å². The lowest BCUT2D eigenvalue weighted by atomic mass is 10.3. The van der Waals surface area contributed by atoms with Crippen LogP contribution in [0.25, 0.3) is 0 Å². The first-order valence-corrected chi connectivity index (χ1v) is 4.19. The Bertz CT molecular complexity index is 170. The number of nitrogens with zero attached hydrogens (tertiary/aromatic N) is 2. The molecule has 0 saturated carbocycles. The fraction of sp³-hybridized carbons (Fsp3) is 0.875. The predicted octanol–water partition coefficient (Wildman–Crippen LogP) is 0.389. The Kier molecular flexibility index (Phi) is 2.92. The zero-order valence-electron chi connectivity index (χ0n) is 7.91. The molecule has 12 heavy (non-hydrogen) atoms. The fourth-order valence-corrected chi connectivity index (χ4v) is 1.16. The van der Waals surface area contributed by atoms with E-state index >= 15 is 0 Å². The smallest absolute Gasteiger partial charge is 0.410 e. The number of carbonyl (C=O) groups is 1. The summed E-state index contributed by atoms with van der Waals surface area (Å²) in [6.07, 6.45) is -0.177. The monoisotopic (exact) mass is 172 g/mol. The molecule has 0 bridgehead atoms. The van der Waals surface area contributed by atoms with Crippen LogP contribution in [-0.4, -0.2) is 55.7 Å². The molecule has 0 spiro atoms. The van der Waals surface area contributed by atoms with E-state index in [4.69, 9.17) is 4.74 Å². The SMILES string of the molecule is CC1COC(=O)N1CCN(C)C. The third-order valence-electron chi connectivity index (χ3n) is 2.00. The van der Waals surface area contributed by atoms with E-state index in [9.17, 15) is 4.79 Å². The van der Waals surface area contributed by atoms with Crippen molar-refractivity contribution in [2.45, 2.75) is 13.0 Å². The Balaban J connectivity index is 2.34. The van der Waals surface area contributed by atoms with Crippen LogP contribution in [0.2, 0.25) is 0 Å². The third kappa shape index (κ3) is 2.11. The first kappa shape index (κ1) is 9.32. The molecule has 0 aliphatic carbocycles. The molecule has 0 radical (unpaired) electrons. The topological polar surface area (TPSA) is 32.8 Å². The molecule has 1 unspecified atom stereocenters. The van der Waals surface area contributed by atoms with E-state index in [0.29, 0.717) is 6.61 Å². The van der Waals surface area contributed by atoms with Gasteiger partial charge in [-0.05, 0) is 21.0 Å². The van der Waals surface area contributed by atoms with E-state index < -0.39 is 0 Å². The highest BCUT2D eigenvalue weighted by Crippen LogP contribution is 2.10. The van der Waals surface area contributed by atoms with Crippen LogP contribution in [0.3, 0.4) is 0 Å². The van der Waals surface area contributed by atoms with Crippen molar-refractivity contribution in [1.29, 1.82) is 0 Å². The number of hydrogen-bond donors (Lipinski definition) is 0. The lowest BCUT2D eigenvalue weighted by Gasteiger charge is -2.19. The van der Waals surface area contributed by atoms with E-state index in [-0.39, 0.29) is 12.1 Å². The van der Waals surface area contributed by atoms with Gasteiger partial charge in [0, 0.05) is 13.1 Å². The van der Waals surface area contributed by atoms with Crippen LogP contribution in [0.4, 0.5) is 4.79 Å². The normalized spacial score (nSPS) is 23.5. The molecule has 0 aromatic heterocycles. The molecule has 1 aliphatic rings. The molecule has 0 N–H and O–H groups in total. The second-order valence-corrected chi connectivity index (χ2v) is 3.42. The Labute approximate surface area is 73.1 Å². The number of hydrogen-bond acceptors (Lipinski definition) is 3. The van der Waals surface area contributed by atoms with Crippen molar-refractivity contribution in [3.8, 4) is 0 Å². The average Bonchev–Trinajstić information content (AvgIpc) is 2.28. The molecule has 1 aliphatic heterocycles. The van der Waals surface area contributed by atoms with Gasteiger partial charge in [-0.15, -0.1) is 0 Å². The fourth-order valence-electron chi connectivity index (χ4n) is 1.16. The molecule has 1 heterocycles. The standard InChI is InChI=1S/C8H16N2O2/c1-7-6-12-8(11)10(7)5-4-9(2)3/h7H,4-6H2,1-3H3. The number of likely N-dealkylation sites (N-methyl/N-ethyl adjacent to an activating group) is 1. The van der Waals surface area contributed by atoms with Crippen LogP contribution < -0.4 is 0 Å². The van der Waals surface area contributed by atoms with Gasteiger partial charge in [0.05, 0.1) is 6.04 Å². The molecule has 4 nitrogen and oxygen atoms in total. The summed E-state index contributed by atoms with van der Waals surface area (Å²) >= 11 is 0. The number of amides is 1. The third-order valence-corrected chi connectivity index (χ3v) is 2.00. The van der Waals surface area contributed by atoms with Gasteiger partial charge in [0.2, 0.25) is 0 Å². The van der Waals surface area contributed by atoms with Crippen molar-refractivity contribution in [3.63, 3.8) is 0 Å². The van der Waals surface area contributed by atoms with Gasteiger partial charge < -0.3 is 14.5 Å². The molecule has 1 amide bonds. The Morgan fingerprint density at radius 3 is 2.75 bits per heavy atom. The largest absolute Gasteiger partial charge is 0.447 e. The van der Waals surface area contributed by atoms with Crippen molar-refractivity contribution in [3.05, 3.63) is 0 Å². The number of rotatable bonds is 3. The molecule has 4 heteroatoms. The summed E-state index contributed by atoms with van der Waals surface area (Å²) < 4.78 is 4.88. The molecule has 70 valence electrons. The summed E-state index contributed by atoms with van der Waals surface area (Å²) in [6, 6.07) is 0.234. The first-order chi connectivity index (χ1) is 5.61. The van der Waals surface area contributed by atoms with E-state index in [2.05, 4.69) is 4.90 Å². The molecular formula is C8H16N2O2. The Morgan fingerprint density at radius 1 is 1.67 bits per heavy atom. The Morgan fingerprint density at radius 2 is 2.33 bits per heavy atom. The maximum absolute atomic E-state index is 11.1. The van der Waals surface area contributed by atoms with Crippen LogP contribution in [0.1, 0.15) is 6.92 Å². The highest BCUT2D eigenvalue weighted by molar-refractivity contribution is 5.69. The lowest BCUT2D eigenvalue weighted by Crippen LogP contribution is -2.36. The van der Waals surface area contributed by atoms with Crippen molar-refractivity contribution in [1.82, 2.24) is 9.80 Å². The van der Waals surface area contributed by atoms with Crippen molar-refractivity contribution >= 4 is 6.09 Å². The van der Waals surface area contributed by atoms with Crippen LogP contribution in [0, 0.1) is 0 Å². The summed E-state index contributed by atoms with van der Waals surface area (Å²) in [5.41, 5.74) is 0. The van der Waals surface area contributed by atoms with Gasteiger partial charge in [-0.1, -0.05) is 0 Å². The number of carbonyl (C=O) groups excluding carboxylic acids is 1. The minimum Gasteiger partial charge on any atom is -0.447 e. The second kappa shape index (κ2) is 3.76. The summed E-state index contributed by atoms with van der Waals surface area (Å²) in [5.74, 6) is 0. The molecule has 0 aromatic rings. The first-order valence-electron chi connectivity index (χ1n) is 4.19. The van der Waals surface area contributed by atoms with Crippen LogP contribution >= 0.6 is 0 Å². The highest BCUT2D eigenvalue weighted by Gasteiger charge is 2.28. The minimum atomic E-state index is -0.177. The van der Waals surface area contributed by atoms with E-state index in [1.54, 1.807) is 4.90 Å². The molecule has 1 rings (SSSR count). The van der Waals surface area contributed by atoms with Gasteiger partial charge >= 0.3 is 6.09 Å². The van der Waals surface area contributed by atoms with E-state index in [1.165, 1.54) is 0 Å². The molecule has 1 saturated heterocycles. The molecule has 0 aromatic carbocycles. The lowest BCUT2D eigenvalue weighted by molar-refractivity contribution is 0.155. The highest BCUT2D eigenvalue weighted by atomic mass is 16.6. The maximum atomic E-state index is 11.1. The van der Waals surface area contributed by atoms with Gasteiger partial charge in [0.15, 0.2) is 0 Å². The summed E-state index contributed by atoms with van der Waals surface area (Å²) in [6.45, 7) is 4.18. The number of cyclic esters (lactones) is 1.